The molecule has 0 aliphatic carbocycles. The number of imidazole rings is 1. The Kier molecular flexibility index (Phi) is 3.03. The topological polar surface area (TPSA) is 138 Å². The van der Waals surface area contributed by atoms with E-state index < -0.39 is 33.1 Å². The van der Waals surface area contributed by atoms with E-state index >= 15 is 0 Å². The average Bonchev–Trinajstić information content (AvgIpc) is 3.02. The van der Waals surface area contributed by atoms with Gasteiger partial charge in [-0.2, -0.15) is 0 Å². The van der Waals surface area contributed by atoms with Gasteiger partial charge in [0.2, 0.25) is 0 Å². The summed E-state index contributed by atoms with van der Waals surface area (Å²) in [6.45, 7) is 0.157. The number of hydrogen-bond donors (Lipinski definition) is 3. The Morgan fingerprint density at radius 1 is 1.38 bits per heavy atom. The van der Waals surface area contributed by atoms with E-state index in [1.807, 2.05) is 0 Å². The van der Waals surface area contributed by atoms with Gasteiger partial charge in [-0.25, -0.2) is 15.0 Å². The van der Waals surface area contributed by atoms with Crippen LogP contribution in [0.3, 0.4) is 0 Å². The van der Waals surface area contributed by atoms with Gasteiger partial charge in [-0.3, -0.25) is 4.57 Å². The fourth-order valence-corrected chi connectivity index (χ4v) is 3.35. The molecule has 2 fully saturated rings. The number of rotatable bonds is 1. The maximum Gasteiger partial charge on any atom is 0.330 e. The van der Waals surface area contributed by atoms with Crippen LogP contribution in [-0.4, -0.2) is 54.4 Å². The third kappa shape index (κ3) is 2.00. The van der Waals surface area contributed by atoms with Crippen molar-refractivity contribution in [3.63, 3.8) is 0 Å². The highest BCUT2D eigenvalue weighted by Gasteiger charge is 2.50. The van der Waals surface area contributed by atoms with Crippen LogP contribution < -0.4 is 5.73 Å². The van der Waals surface area contributed by atoms with Gasteiger partial charge < -0.3 is 29.5 Å². The summed E-state index contributed by atoms with van der Waals surface area (Å²) in [5.74, 6) is 0.252. The largest absolute Gasteiger partial charge is 0.386 e. The highest BCUT2D eigenvalue weighted by molar-refractivity contribution is 7.40. The number of nitrogens with two attached hydrogens (primary N) is 1. The number of anilines is 1. The summed E-state index contributed by atoms with van der Waals surface area (Å²) in [6.07, 6.45) is -0.0570. The molecule has 0 amide bonds. The van der Waals surface area contributed by atoms with Crippen LogP contribution in [0.5, 0.6) is 0 Å². The SMILES string of the molecule is Nc1ncnc2c1ncn2C1OC2COP(O)OC2C1O. The average molecular weight is 313 g/mol. The minimum Gasteiger partial charge on any atom is -0.386 e. The van der Waals surface area contributed by atoms with Gasteiger partial charge >= 0.3 is 8.60 Å². The minimum absolute atomic E-state index is 0.157. The van der Waals surface area contributed by atoms with Crippen LogP contribution in [0.1, 0.15) is 6.23 Å². The number of nitrogens with zero attached hydrogens (tertiary/aromatic N) is 4. The van der Waals surface area contributed by atoms with Crippen molar-refractivity contribution in [1.82, 2.24) is 19.5 Å². The summed E-state index contributed by atoms with van der Waals surface area (Å²) < 4.78 is 17.5. The maximum atomic E-state index is 10.4. The Bertz CT molecular complexity index is 683. The highest BCUT2D eigenvalue weighted by atomic mass is 31.2. The molecule has 10 nitrogen and oxygen atoms in total. The Balaban J connectivity index is 1.71. The Labute approximate surface area is 119 Å². The fraction of sp³-hybridized carbons (Fsp3) is 0.500. The molecule has 4 rings (SSSR count). The molecule has 2 saturated heterocycles. The molecule has 11 heteroatoms. The Morgan fingerprint density at radius 3 is 3.10 bits per heavy atom. The van der Waals surface area contributed by atoms with Crippen LogP contribution in [0.2, 0.25) is 0 Å². The lowest BCUT2D eigenvalue weighted by Crippen LogP contribution is -2.38. The molecular formula is C10H12N5O5P. The van der Waals surface area contributed by atoms with E-state index in [0.717, 1.165) is 0 Å². The molecule has 0 aromatic carbocycles. The first-order valence-corrected chi connectivity index (χ1v) is 7.33. The first-order chi connectivity index (χ1) is 10.1. The van der Waals surface area contributed by atoms with Crippen LogP contribution >= 0.6 is 8.60 Å². The number of fused-ring (bicyclic) bond motifs is 2. The summed E-state index contributed by atoms with van der Waals surface area (Å²) in [5, 5.41) is 10.4. The standard InChI is InChI=1S/C10H12N5O5P/c11-8-5-9(13-2-12-8)15(3-14-5)10-6(16)7-4(19-10)1-18-21(17)20-7/h2-4,6-7,10,16-17H,1H2,(H2,11,12,13). The van der Waals surface area contributed by atoms with E-state index in [-0.39, 0.29) is 12.4 Å². The Morgan fingerprint density at radius 2 is 2.24 bits per heavy atom. The molecule has 2 aromatic rings. The van der Waals surface area contributed by atoms with Crippen LogP contribution in [0.4, 0.5) is 5.82 Å². The molecule has 0 saturated carbocycles. The van der Waals surface area contributed by atoms with Crippen molar-refractivity contribution < 1.29 is 23.8 Å². The summed E-state index contributed by atoms with van der Waals surface area (Å²) in [7, 11) is -1.98. The number of ether oxygens (including phenoxy) is 1. The van der Waals surface area contributed by atoms with Crippen molar-refractivity contribution in [2.75, 3.05) is 12.3 Å². The molecule has 2 aliphatic rings. The van der Waals surface area contributed by atoms with Crippen molar-refractivity contribution >= 4 is 25.6 Å². The second-order valence-electron chi connectivity index (χ2n) is 4.74. The number of aliphatic hydroxyl groups excluding tert-OH is 1. The third-order valence-electron chi connectivity index (χ3n) is 3.53. The zero-order valence-corrected chi connectivity index (χ0v) is 11.5. The molecule has 4 N–H and O–H groups in total. The van der Waals surface area contributed by atoms with E-state index in [0.29, 0.717) is 11.2 Å². The minimum atomic E-state index is -1.98. The van der Waals surface area contributed by atoms with Gasteiger partial charge in [0.25, 0.3) is 0 Å². The summed E-state index contributed by atoms with van der Waals surface area (Å²) in [4.78, 5) is 21.5. The zero-order valence-electron chi connectivity index (χ0n) is 10.6. The molecular weight excluding hydrogens is 301 g/mol. The summed E-state index contributed by atoms with van der Waals surface area (Å²) >= 11 is 0. The van der Waals surface area contributed by atoms with E-state index in [1.165, 1.54) is 12.7 Å². The lowest BCUT2D eigenvalue weighted by molar-refractivity contribution is -0.0587. The number of aliphatic hydroxyl groups is 1. The van der Waals surface area contributed by atoms with Crippen LogP contribution in [0.15, 0.2) is 12.7 Å². The van der Waals surface area contributed by atoms with Crippen molar-refractivity contribution in [2.24, 2.45) is 0 Å². The van der Waals surface area contributed by atoms with E-state index in [2.05, 4.69) is 15.0 Å². The first-order valence-electron chi connectivity index (χ1n) is 6.20. The van der Waals surface area contributed by atoms with Gasteiger partial charge in [0.1, 0.15) is 30.2 Å². The van der Waals surface area contributed by atoms with Crippen LogP contribution in [0, 0.1) is 0 Å². The lowest BCUT2D eigenvalue weighted by Gasteiger charge is -2.27. The normalized spacial score (nSPS) is 36.0. The van der Waals surface area contributed by atoms with Crippen LogP contribution in [0.25, 0.3) is 11.2 Å². The first kappa shape index (κ1) is 13.3. The van der Waals surface area contributed by atoms with Crippen molar-refractivity contribution in [3.8, 4) is 0 Å². The van der Waals surface area contributed by atoms with Crippen molar-refractivity contribution in [3.05, 3.63) is 12.7 Å². The highest BCUT2D eigenvalue weighted by Crippen LogP contribution is 2.46. The third-order valence-corrected chi connectivity index (χ3v) is 4.33. The van der Waals surface area contributed by atoms with Crippen molar-refractivity contribution in [1.29, 1.82) is 0 Å². The number of nitrogen functional groups attached to an aromatic ring is 1. The molecule has 112 valence electrons. The molecule has 21 heavy (non-hydrogen) atoms. The fourth-order valence-electron chi connectivity index (χ4n) is 2.54. The van der Waals surface area contributed by atoms with Gasteiger partial charge in [0.15, 0.2) is 17.7 Å². The van der Waals surface area contributed by atoms with E-state index in [9.17, 15) is 10.00 Å². The zero-order chi connectivity index (χ0) is 14.6. The smallest absolute Gasteiger partial charge is 0.330 e. The molecule has 2 aromatic heterocycles. The Hall–Kier alpha value is -1.42. The molecule has 5 atom stereocenters. The summed E-state index contributed by atoms with van der Waals surface area (Å²) in [5.41, 5.74) is 6.62. The summed E-state index contributed by atoms with van der Waals surface area (Å²) in [6, 6.07) is 0. The molecule has 0 radical (unpaired) electrons. The lowest BCUT2D eigenvalue weighted by atomic mass is 10.1. The van der Waals surface area contributed by atoms with Gasteiger partial charge in [-0.05, 0) is 0 Å². The van der Waals surface area contributed by atoms with Gasteiger partial charge in [0.05, 0.1) is 12.9 Å². The molecule has 4 heterocycles. The second-order valence-corrected chi connectivity index (χ2v) is 5.69. The number of aromatic nitrogens is 4. The molecule has 0 spiro atoms. The van der Waals surface area contributed by atoms with Gasteiger partial charge in [0, 0.05) is 0 Å². The van der Waals surface area contributed by atoms with E-state index in [4.69, 9.17) is 19.5 Å². The van der Waals surface area contributed by atoms with Gasteiger partial charge in [-0.1, -0.05) is 0 Å². The second kappa shape index (κ2) is 4.80. The molecule has 5 unspecified atom stereocenters. The quantitative estimate of drug-likeness (QED) is 0.583. The molecule has 0 bridgehead atoms. The van der Waals surface area contributed by atoms with Gasteiger partial charge in [-0.15, -0.1) is 0 Å². The molecule has 2 aliphatic heterocycles. The van der Waals surface area contributed by atoms with Crippen molar-refractivity contribution in [2.45, 2.75) is 24.5 Å². The predicted molar refractivity (Wildman–Crippen MR) is 69.6 cm³/mol. The monoisotopic (exact) mass is 313 g/mol. The van der Waals surface area contributed by atoms with Crippen LogP contribution in [-0.2, 0) is 13.8 Å². The number of hydrogen-bond acceptors (Lipinski definition) is 9. The predicted octanol–water partition coefficient (Wildman–Crippen LogP) is -0.699. The van der Waals surface area contributed by atoms with E-state index in [1.54, 1.807) is 4.57 Å². The maximum absolute atomic E-state index is 10.4.